The highest BCUT2D eigenvalue weighted by molar-refractivity contribution is 5.34. The van der Waals surface area contributed by atoms with Crippen LogP contribution >= 0.6 is 0 Å². The van der Waals surface area contributed by atoms with Crippen molar-refractivity contribution in [3.05, 3.63) is 78.4 Å². The second-order valence-corrected chi connectivity index (χ2v) is 6.21. The van der Waals surface area contributed by atoms with Gasteiger partial charge in [-0.3, -0.25) is 0 Å². The zero-order chi connectivity index (χ0) is 17.4. The summed E-state index contributed by atoms with van der Waals surface area (Å²) in [5.74, 6) is 0.817. The highest BCUT2D eigenvalue weighted by atomic mass is 16.5. The Morgan fingerprint density at radius 3 is 2.38 bits per heavy atom. The van der Waals surface area contributed by atoms with Crippen LogP contribution in [0.25, 0.3) is 0 Å². The molecule has 128 valence electrons. The predicted molar refractivity (Wildman–Crippen MR) is 97.3 cm³/mol. The van der Waals surface area contributed by atoms with Crippen molar-refractivity contribution in [3.63, 3.8) is 0 Å². The van der Waals surface area contributed by atoms with Crippen molar-refractivity contribution in [2.24, 2.45) is 0 Å². The van der Waals surface area contributed by atoms with E-state index in [9.17, 15) is 5.11 Å². The molecule has 3 nitrogen and oxygen atoms in total. The van der Waals surface area contributed by atoms with E-state index in [0.29, 0.717) is 19.6 Å². The first-order valence-corrected chi connectivity index (χ1v) is 8.15. The number of benzene rings is 2. The molecule has 0 radical (unpaired) electrons. The smallest absolute Gasteiger partial charge is 0.118 e. The van der Waals surface area contributed by atoms with E-state index in [-0.39, 0.29) is 5.41 Å². The highest BCUT2D eigenvalue weighted by Gasteiger charge is 2.26. The molecule has 0 aliphatic rings. The summed E-state index contributed by atoms with van der Waals surface area (Å²) in [6.45, 7) is 6.83. The van der Waals surface area contributed by atoms with Gasteiger partial charge in [-0.05, 0) is 29.7 Å². The molecule has 0 fully saturated rings. The molecule has 0 aromatic heterocycles. The van der Waals surface area contributed by atoms with Gasteiger partial charge in [0, 0.05) is 5.41 Å². The highest BCUT2D eigenvalue weighted by Crippen LogP contribution is 2.31. The Balaban J connectivity index is 1.91. The Labute approximate surface area is 144 Å². The van der Waals surface area contributed by atoms with E-state index in [1.54, 1.807) is 7.11 Å². The second-order valence-electron chi connectivity index (χ2n) is 6.21. The summed E-state index contributed by atoms with van der Waals surface area (Å²) in [5, 5.41) is 10.4. The van der Waals surface area contributed by atoms with Crippen molar-refractivity contribution < 1.29 is 14.6 Å². The first-order chi connectivity index (χ1) is 11.6. The molecule has 2 unspecified atom stereocenters. The van der Waals surface area contributed by atoms with Crippen LogP contribution in [0.15, 0.2) is 67.3 Å². The third-order valence-electron chi connectivity index (χ3n) is 4.28. The lowest BCUT2D eigenvalue weighted by Gasteiger charge is -2.29. The molecule has 1 N–H and O–H groups in total. The molecule has 2 atom stereocenters. The van der Waals surface area contributed by atoms with Crippen molar-refractivity contribution in [1.29, 1.82) is 0 Å². The number of allylic oxidation sites excluding steroid dienone is 1. The average molecular weight is 326 g/mol. The van der Waals surface area contributed by atoms with E-state index in [1.807, 2.05) is 60.7 Å². The van der Waals surface area contributed by atoms with E-state index < -0.39 is 6.10 Å². The monoisotopic (exact) mass is 326 g/mol. The lowest BCUT2D eigenvalue weighted by Crippen LogP contribution is -2.28. The topological polar surface area (TPSA) is 38.7 Å². The van der Waals surface area contributed by atoms with Gasteiger partial charge in [0.05, 0.1) is 26.4 Å². The van der Waals surface area contributed by atoms with Crippen LogP contribution in [0.2, 0.25) is 0 Å². The van der Waals surface area contributed by atoms with Crippen molar-refractivity contribution in [1.82, 2.24) is 0 Å². The Morgan fingerprint density at radius 1 is 1.12 bits per heavy atom. The zero-order valence-electron chi connectivity index (χ0n) is 14.4. The molecule has 0 bridgehead atoms. The summed E-state index contributed by atoms with van der Waals surface area (Å²) in [5.41, 5.74) is 1.88. The molecule has 0 aliphatic carbocycles. The fourth-order valence-corrected chi connectivity index (χ4v) is 2.73. The van der Waals surface area contributed by atoms with Gasteiger partial charge < -0.3 is 14.6 Å². The van der Waals surface area contributed by atoms with E-state index >= 15 is 0 Å². The van der Waals surface area contributed by atoms with Gasteiger partial charge in [-0.2, -0.15) is 0 Å². The Kier molecular flexibility index (Phi) is 6.59. The molecule has 2 rings (SSSR count). The molecule has 0 saturated heterocycles. The molecular formula is C21H26O3. The quantitative estimate of drug-likeness (QED) is 0.705. The van der Waals surface area contributed by atoms with Gasteiger partial charge in [-0.25, -0.2) is 0 Å². The maximum atomic E-state index is 10.4. The fourth-order valence-electron chi connectivity index (χ4n) is 2.73. The zero-order valence-corrected chi connectivity index (χ0v) is 14.4. The molecule has 0 aliphatic heterocycles. The lowest BCUT2D eigenvalue weighted by molar-refractivity contribution is 0.0175. The van der Waals surface area contributed by atoms with Crippen LogP contribution < -0.4 is 4.74 Å². The SMILES string of the molecule is C=CC(C)(CC(O)COCc1ccccc1)c1ccc(OC)cc1. The molecule has 0 spiro atoms. The van der Waals surface area contributed by atoms with Gasteiger partial charge in [0.1, 0.15) is 5.75 Å². The minimum atomic E-state index is -0.557. The maximum absolute atomic E-state index is 10.4. The van der Waals surface area contributed by atoms with Crippen molar-refractivity contribution in [2.75, 3.05) is 13.7 Å². The molecule has 2 aromatic carbocycles. The molecule has 2 aromatic rings. The first-order valence-electron chi connectivity index (χ1n) is 8.15. The molecular weight excluding hydrogens is 300 g/mol. The minimum absolute atomic E-state index is 0.300. The molecule has 3 heteroatoms. The molecule has 0 amide bonds. The second kappa shape index (κ2) is 8.67. The number of rotatable bonds is 9. The van der Waals surface area contributed by atoms with Crippen LogP contribution in [0.1, 0.15) is 24.5 Å². The van der Waals surface area contributed by atoms with E-state index in [0.717, 1.165) is 16.9 Å². The standard InChI is InChI=1S/C21H26O3/c1-4-21(2,18-10-12-20(23-3)13-11-18)14-19(22)16-24-15-17-8-6-5-7-9-17/h4-13,19,22H,1,14-16H2,2-3H3. The number of aliphatic hydroxyl groups excluding tert-OH is 1. The lowest BCUT2D eigenvalue weighted by atomic mass is 9.78. The minimum Gasteiger partial charge on any atom is -0.497 e. The predicted octanol–water partition coefficient (Wildman–Crippen LogP) is 4.11. The van der Waals surface area contributed by atoms with Crippen molar-refractivity contribution in [2.45, 2.75) is 31.5 Å². The van der Waals surface area contributed by atoms with Gasteiger partial charge in [-0.1, -0.05) is 55.5 Å². The number of hydrogen-bond acceptors (Lipinski definition) is 3. The van der Waals surface area contributed by atoms with E-state index in [1.165, 1.54) is 0 Å². The van der Waals surface area contributed by atoms with Gasteiger partial charge in [0.2, 0.25) is 0 Å². The van der Waals surface area contributed by atoms with Gasteiger partial charge in [0.15, 0.2) is 0 Å². The van der Waals surface area contributed by atoms with Gasteiger partial charge >= 0.3 is 0 Å². The summed E-state index contributed by atoms with van der Waals surface area (Å²) >= 11 is 0. The first kappa shape index (κ1) is 18.2. The normalized spacial score (nSPS) is 14.6. The Hall–Kier alpha value is -2.10. The molecule has 0 saturated carbocycles. The summed E-state index contributed by atoms with van der Waals surface area (Å²) in [6, 6.07) is 17.8. The third kappa shape index (κ3) is 4.95. The number of methoxy groups -OCH3 is 1. The fraction of sp³-hybridized carbons (Fsp3) is 0.333. The Morgan fingerprint density at radius 2 is 1.79 bits per heavy atom. The average Bonchev–Trinajstić information content (AvgIpc) is 2.62. The van der Waals surface area contributed by atoms with Crippen LogP contribution in [0.3, 0.4) is 0 Å². The van der Waals surface area contributed by atoms with E-state index in [2.05, 4.69) is 13.5 Å². The van der Waals surface area contributed by atoms with Crippen LogP contribution in [0.5, 0.6) is 5.75 Å². The summed E-state index contributed by atoms with van der Waals surface area (Å²) in [6.07, 6.45) is 1.88. The summed E-state index contributed by atoms with van der Waals surface area (Å²) in [4.78, 5) is 0. The van der Waals surface area contributed by atoms with E-state index in [4.69, 9.17) is 9.47 Å². The van der Waals surface area contributed by atoms with Crippen LogP contribution in [0, 0.1) is 0 Å². The Bertz CT molecular complexity index is 621. The van der Waals surface area contributed by atoms with Crippen molar-refractivity contribution in [3.8, 4) is 5.75 Å². The van der Waals surface area contributed by atoms with Crippen LogP contribution in [-0.4, -0.2) is 24.9 Å². The van der Waals surface area contributed by atoms with Gasteiger partial charge in [-0.15, -0.1) is 6.58 Å². The van der Waals surface area contributed by atoms with Crippen LogP contribution in [0.4, 0.5) is 0 Å². The summed E-state index contributed by atoms with van der Waals surface area (Å²) < 4.78 is 10.8. The van der Waals surface area contributed by atoms with Gasteiger partial charge in [0.25, 0.3) is 0 Å². The largest absolute Gasteiger partial charge is 0.497 e. The number of hydrogen-bond donors (Lipinski definition) is 1. The maximum Gasteiger partial charge on any atom is 0.118 e. The number of aliphatic hydroxyl groups is 1. The van der Waals surface area contributed by atoms with Crippen LogP contribution in [-0.2, 0) is 16.8 Å². The third-order valence-corrected chi connectivity index (χ3v) is 4.28. The number of ether oxygens (including phenoxy) is 2. The summed E-state index contributed by atoms with van der Waals surface area (Å²) in [7, 11) is 1.65. The van der Waals surface area contributed by atoms with Crippen molar-refractivity contribution >= 4 is 0 Å². The molecule has 0 heterocycles. The molecule has 24 heavy (non-hydrogen) atoms.